The normalized spacial score (nSPS) is 12.6. The molecular formula is C17H18BrClO. The number of hydrogen-bond acceptors (Lipinski definition) is 1. The molecule has 2 aromatic rings. The van der Waals surface area contributed by atoms with Crippen LogP contribution in [0.5, 0.6) is 0 Å². The van der Waals surface area contributed by atoms with Crippen molar-refractivity contribution in [1.29, 1.82) is 0 Å². The summed E-state index contributed by atoms with van der Waals surface area (Å²) in [6.07, 6.45) is -0.663. The number of aliphatic hydroxyl groups is 1. The van der Waals surface area contributed by atoms with E-state index in [0.717, 1.165) is 26.7 Å². The van der Waals surface area contributed by atoms with E-state index in [1.807, 2.05) is 18.2 Å². The molecule has 0 saturated carbocycles. The highest BCUT2D eigenvalue weighted by molar-refractivity contribution is 9.10. The first-order valence-electron chi connectivity index (χ1n) is 6.52. The Bertz CT molecular complexity index is 618. The van der Waals surface area contributed by atoms with Crippen LogP contribution in [0.3, 0.4) is 0 Å². The van der Waals surface area contributed by atoms with Crippen LogP contribution in [-0.4, -0.2) is 5.11 Å². The van der Waals surface area contributed by atoms with E-state index in [0.29, 0.717) is 5.02 Å². The zero-order valence-corrected chi connectivity index (χ0v) is 14.4. The molecule has 3 heteroatoms. The molecule has 0 heterocycles. The molecule has 0 saturated heterocycles. The van der Waals surface area contributed by atoms with E-state index in [4.69, 9.17) is 11.6 Å². The van der Waals surface area contributed by atoms with E-state index in [-0.39, 0.29) is 0 Å². The predicted octanol–water partition coefficient (Wildman–Crippen LogP) is 5.42. The van der Waals surface area contributed by atoms with Crippen LogP contribution in [0.1, 0.15) is 39.5 Å². The van der Waals surface area contributed by atoms with Gasteiger partial charge < -0.3 is 5.11 Å². The van der Waals surface area contributed by atoms with Gasteiger partial charge in [-0.15, -0.1) is 0 Å². The fourth-order valence-corrected chi connectivity index (χ4v) is 3.44. The smallest absolute Gasteiger partial charge is 0.105 e. The highest BCUT2D eigenvalue weighted by Gasteiger charge is 2.18. The highest BCUT2D eigenvalue weighted by atomic mass is 79.9. The first-order chi connectivity index (χ1) is 9.31. The van der Waals surface area contributed by atoms with Crippen LogP contribution in [0.2, 0.25) is 5.02 Å². The summed E-state index contributed by atoms with van der Waals surface area (Å²) < 4.78 is 0.874. The summed E-state index contributed by atoms with van der Waals surface area (Å²) in [4.78, 5) is 0. The second-order valence-corrected chi connectivity index (χ2v) is 6.63. The lowest BCUT2D eigenvalue weighted by molar-refractivity contribution is 0.218. The first kappa shape index (κ1) is 15.6. The van der Waals surface area contributed by atoms with Crippen LogP contribution >= 0.6 is 27.5 Å². The van der Waals surface area contributed by atoms with Crippen LogP contribution in [0, 0.1) is 27.7 Å². The topological polar surface area (TPSA) is 20.2 Å². The fourth-order valence-electron chi connectivity index (χ4n) is 2.56. The average Bonchev–Trinajstić information content (AvgIpc) is 2.35. The highest BCUT2D eigenvalue weighted by Crippen LogP contribution is 2.33. The largest absolute Gasteiger partial charge is 0.384 e. The molecule has 0 bridgehead atoms. The molecule has 0 aliphatic rings. The van der Waals surface area contributed by atoms with Crippen LogP contribution < -0.4 is 0 Å². The maximum Gasteiger partial charge on any atom is 0.105 e. The van der Waals surface area contributed by atoms with E-state index >= 15 is 0 Å². The molecule has 0 spiro atoms. The summed E-state index contributed by atoms with van der Waals surface area (Å²) in [5.74, 6) is 0. The van der Waals surface area contributed by atoms with Gasteiger partial charge in [0.1, 0.15) is 6.10 Å². The molecule has 0 radical (unpaired) electrons. The van der Waals surface area contributed by atoms with Crippen molar-refractivity contribution >= 4 is 27.5 Å². The minimum Gasteiger partial charge on any atom is -0.384 e. The Morgan fingerprint density at radius 2 is 1.50 bits per heavy atom. The summed E-state index contributed by atoms with van der Waals surface area (Å²) in [5.41, 5.74) is 6.46. The van der Waals surface area contributed by atoms with Crippen molar-refractivity contribution in [3.05, 3.63) is 67.1 Å². The van der Waals surface area contributed by atoms with Gasteiger partial charge in [-0.05, 0) is 79.3 Å². The van der Waals surface area contributed by atoms with E-state index in [1.165, 1.54) is 11.1 Å². The van der Waals surface area contributed by atoms with Gasteiger partial charge in [-0.1, -0.05) is 33.6 Å². The third-order valence-electron chi connectivity index (χ3n) is 3.90. The Balaban J connectivity index is 2.61. The number of aryl methyl sites for hydroxylation is 2. The molecule has 0 fully saturated rings. The van der Waals surface area contributed by atoms with E-state index in [2.05, 4.69) is 49.7 Å². The fraction of sp³-hybridized carbons (Fsp3) is 0.294. The van der Waals surface area contributed by atoms with Crippen molar-refractivity contribution in [3.63, 3.8) is 0 Å². The number of rotatable bonds is 2. The summed E-state index contributed by atoms with van der Waals surface area (Å²) in [6.45, 7) is 8.26. The van der Waals surface area contributed by atoms with Gasteiger partial charge in [0.2, 0.25) is 0 Å². The first-order valence-corrected chi connectivity index (χ1v) is 7.69. The van der Waals surface area contributed by atoms with Crippen LogP contribution in [0.25, 0.3) is 0 Å². The lowest BCUT2D eigenvalue weighted by atomic mass is 9.88. The maximum absolute atomic E-state index is 10.8. The minimum atomic E-state index is -0.663. The molecule has 1 atom stereocenters. The Hall–Kier alpha value is -0.830. The maximum atomic E-state index is 10.8. The number of benzene rings is 2. The van der Waals surface area contributed by atoms with Gasteiger partial charge in [-0.2, -0.15) is 0 Å². The van der Waals surface area contributed by atoms with Crippen molar-refractivity contribution in [3.8, 4) is 0 Å². The number of hydrogen-bond donors (Lipinski definition) is 1. The molecule has 0 aromatic heterocycles. The molecule has 2 rings (SSSR count). The minimum absolute atomic E-state index is 0.619. The van der Waals surface area contributed by atoms with Crippen molar-refractivity contribution < 1.29 is 5.11 Å². The van der Waals surface area contributed by atoms with Crippen molar-refractivity contribution in [2.24, 2.45) is 0 Å². The zero-order valence-electron chi connectivity index (χ0n) is 12.1. The molecule has 0 aliphatic carbocycles. The van der Waals surface area contributed by atoms with E-state index in [1.54, 1.807) is 0 Å². The van der Waals surface area contributed by atoms with Crippen LogP contribution in [0.15, 0.2) is 28.7 Å². The second-order valence-electron chi connectivity index (χ2n) is 5.28. The quantitative estimate of drug-likeness (QED) is 0.764. The molecular weight excluding hydrogens is 336 g/mol. The molecule has 1 nitrogen and oxygen atoms in total. The Morgan fingerprint density at radius 3 is 2.00 bits per heavy atom. The van der Waals surface area contributed by atoms with Crippen molar-refractivity contribution in [2.45, 2.75) is 33.8 Å². The summed E-state index contributed by atoms with van der Waals surface area (Å²) in [7, 11) is 0. The number of halogens is 2. The summed E-state index contributed by atoms with van der Waals surface area (Å²) in [5, 5.41) is 11.4. The molecule has 1 unspecified atom stereocenters. The SMILES string of the molecule is Cc1cc(C)c(C)c(C(O)c2cc(Cl)cc(Br)c2)c1C. The lowest BCUT2D eigenvalue weighted by Gasteiger charge is -2.21. The standard InChI is InChI=1S/C17H18BrClO/c1-9-5-10(2)12(4)16(11(9)3)17(20)13-6-14(18)8-15(19)7-13/h5-8,17,20H,1-4H3. The van der Waals surface area contributed by atoms with Gasteiger partial charge in [0.05, 0.1) is 0 Å². The second kappa shape index (κ2) is 5.88. The molecule has 20 heavy (non-hydrogen) atoms. The molecule has 2 aromatic carbocycles. The molecule has 0 aliphatic heterocycles. The van der Waals surface area contributed by atoms with Gasteiger partial charge in [-0.25, -0.2) is 0 Å². The Labute approximate surface area is 133 Å². The molecule has 0 amide bonds. The Morgan fingerprint density at radius 1 is 0.950 bits per heavy atom. The van der Waals surface area contributed by atoms with Crippen LogP contribution in [-0.2, 0) is 0 Å². The third kappa shape index (κ3) is 2.93. The van der Waals surface area contributed by atoms with Gasteiger partial charge in [0, 0.05) is 9.50 Å². The van der Waals surface area contributed by atoms with Gasteiger partial charge in [0.25, 0.3) is 0 Å². The third-order valence-corrected chi connectivity index (χ3v) is 4.57. The predicted molar refractivity (Wildman–Crippen MR) is 88.6 cm³/mol. The zero-order chi connectivity index (χ0) is 15.0. The molecule has 1 N–H and O–H groups in total. The summed E-state index contributed by atoms with van der Waals surface area (Å²) in [6, 6.07) is 7.70. The van der Waals surface area contributed by atoms with Crippen molar-refractivity contribution in [2.75, 3.05) is 0 Å². The van der Waals surface area contributed by atoms with Gasteiger partial charge in [-0.3, -0.25) is 0 Å². The van der Waals surface area contributed by atoms with Crippen LogP contribution in [0.4, 0.5) is 0 Å². The van der Waals surface area contributed by atoms with Gasteiger partial charge in [0.15, 0.2) is 0 Å². The monoisotopic (exact) mass is 352 g/mol. The Kier molecular flexibility index (Phi) is 4.58. The molecule has 106 valence electrons. The lowest BCUT2D eigenvalue weighted by Crippen LogP contribution is -2.07. The van der Waals surface area contributed by atoms with E-state index < -0.39 is 6.10 Å². The average molecular weight is 354 g/mol. The number of aliphatic hydroxyl groups excluding tert-OH is 1. The van der Waals surface area contributed by atoms with Crippen molar-refractivity contribution in [1.82, 2.24) is 0 Å². The van der Waals surface area contributed by atoms with E-state index in [9.17, 15) is 5.11 Å². The summed E-state index contributed by atoms with van der Waals surface area (Å²) >= 11 is 9.51. The van der Waals surface area contributed by atoms with Gasteiger partial charge >= 0.3 is 0 Å².